The van der Waals surface area contributed by atoms with E-state index in [1.54, 1.807) is 0 Å². The Labute approximate surface area is 107 Å². The fourth-order valence-electron chi connectivity index (χ4n) is 1.86. The highest BCUT2D eigenvalue weighted by Gasteiger charge is 2.08. The Bertz CT molecular complexity index is 473. The standard InChI is InChI=1S/C15H16ClN/c1-11-7-6-10-14(16)15(11)17-12(2)13-8-4-3-5-9-13/h3-10,12,17H,1-2H3. The van der Waals surface area contributed by atoms with E-state index in [0.29, 0.717) is 0 Å². The summed E-state index contributed by atoms with van der Waals surface area (Å²) in [6.45, 7) is 4.20. The van der Waals surface area contributed by atoms with Gasteiger partial charge in [0.2, 0.25) is 0 Å². The van der Waals surface area contributed by atoms with Crippen LogP contribution in [0, 0.1) is 6.92 Å². The van der Waals surface area contributed by atoms with Crippen molar-refractivity contribution >= 4 is 17.3 Å². The maximum Gasteiger partial charge on any atom is 0.0640 e. The van der Waals surface area contributed by atoms with E-state index in [2.05, 4.69) is 37.4 Å². The Morgan fingerprint density at radius 3 is 2.35 bits per heavy atom. The molecule has 0 amide bonds. The zero-order valence-corrected chi connectivity index (χ0v) is 10.8. The van der Waals surface area contributed by atoms with Crippen molar-refractivity contribution in [2.45, 2.75) is 19.9 Å². The molecule has 0 saturated heterocycles. The highest BCUT2D eigenvalue weighted by atomic mass is 35.5. The molecule has 0 aromatic heterocycles. The van der Waals surface area contributed by atoms with Crippen molar-refractivity contribution in [1.82, 2.24) is 0 Å². The first-order chi connectivity index (χ1) is 8.18. The van der Waals surface area contributed by atoms with E-state index >= 15 is 0 Å². The minimum Gasteiger partial charge on any atom is -0.377 e. The van der Waals surface area contributed by atoms with Gasteiger partial charge in [-0.25, -0.2) is 0 Å². The predicted octanol–water partition coefficient (Wildman–Crippen LogP) is 4.82. The molecule has 2 aromatic rings. The monoisotopic (exact) mass is 245 g/mol. The van der Waals surface area contributed by atoms with Crippen LogP contribution in [0.2, 0.25) is 5.02 Å². The van der Waals surface area contributed by atoms with E-state index in [-0.39, 0.29) is 6.04 Å². The zero-order valence-electron chi connectivity index (χ0n) is 10.1. The summed E-state index contributed by atoms with van der Waals surface area (Å²) in [6.07, 6.45) is 0. The first-order valence-corrected chi connectivity index (χ1v) is 6.13. The van der Waals surface area contributed by atoms with Gasteiger partial charge in [-0.2, -0.15) is 0 Å². The topological polar surface area (TPSA) is 12.0 Å². The van der Waals surface area contributed by atoms with Crippen molar-refractivity contribution in [2.24, 2.45) is 0 Å². The molecule has 2 rings (SSSR count). The van der Waals surface area contributed by atoms with Crippen LogP contribution < -0.4 is 5.32 Å². The zero-order chi connectivity index (χ0) is 12.3. The van der Waals surface area contributed by atoms with Crippen molar-refractivity contribution in [3.05, 3.63) is 64.7 Å². The third-order valence-corrected chi connectivity index (χ3v) is 3.20. The second-order valence-corrected chi connectivity index (χ2v) is 4.62. The Balaban J connectivity index is 2.22. The fourth-order valence-corrected chi connectivity index (χ4v) is 2.13. The number of nitrogens with one attached hydrogen (secondary N) is 1. The molecule has 0 fully saturated rings. The minimum atomic E-state index is 0.245. The lowest BCUT2D eigenvalue weighted by Crippen LogP contribution is -2.07. The number of benzene rings is 2. The van der Waals surface area contributed by atoms with E-state index in [0.717, 1.165) is 10.7 Å². The quantitative estimate of drug-likeness (QED) is 0.817. The molecule has 0 radical (unpaired) electrons. The van der Waals surface area contributed by atoms with E-state index < -0.39 is 0 Å². The normalized spacial score (nSPS) is 12.2. The summed E-state index contributed by atoms with van der Waals surface area (Å²) < 4.78 is 0. The molecule has 17 heavy (non-hydrogen) atoms. The molecule has 2 aromatic carbocycles. The summed E-state index contributed by atoms with van der Waals surface area (Å²) in [5.74, 6) is 0. The van der Waals surface area contributed by atoms with Crippen LogP contribution in [0.5, 0.6) is 0 Å². The van der Waals surface area contributed by atoms with E-state index in [4.69, 9.17) is 11.6 Å². The van der Waals surface area contributed by atoms with Gasteiger partial charge in [0.15, 0.2) is 0 Å². The smallest absolute Gasteiger partial charge is 0.0640 e. The first-order valence-electron chi connectivity index (χ1n) is 5.75. The molecule has 0 bridgehead atoms. The van der Waals surface area contributed by atoms with Gasteiger partial charge < -0.3 is 5.32 Å². The van der Waals surface area contributed by atoms with Gasteiger partial charge >= 0.3 is 0 Å². The van der Waals surface area contributed by atoms with Gasteiger partial charge in [-0.05, 0) is 31.0 Å². The highest BCUT2D eigenvalue weighted by molar-refractivity contribution is 6.33. The number of aryl methyl sites for hydroxylation is 1. The van der Waals surface area contributed by atoms with Crippen LogP contribution in [-0.4, -0.2) is 0 Å². The van der Waals surface area contributed by atoms with Crippen LogP contribution in [-0.2, 0) is 0 Å². The summed E-state index contributed by atoms with van der Waals surface area (Å²) >= 11 is 6.20. The molecule has 1 nitrogen and oxygen atoms in total. The Kier molecular flexibility index (Phi) is 3.70. The van der Waals surface area contributed by atoms with Gasteiger partial charge in [-0.3, -0.25) is 0 Å². The minimum absolute atomic E-state index is 0.245. The molecule has 0 aliphatic rings. The molecular formula is C15H16ClN. The maximum absolute atomic E-state index is 6.20. The van der Waals surface area contributed by atoms with Crippen LogP contribution in [0.25, 0.3) is 0 Å². The van der Waals surface area contributed by atoms with Crippen molar-refractivity contribution < 1.29 is 0 Å². The first kappa shape index (κ1) is 12.0. The van der Waals surface area contributed by atoms with Crippen molar-refractivity contribution in [3.63, 3.8) is 0 Å². The van der Waals surface area contributed by atoms with Crippen LogP contribution in [0.15, 0.2) is 48.5 Å². The summed E-state index contributed by atoms with van der Waals surface area (Å²) in [5.41, 5.74) is 3.44. The average Bonchev–Trinajstić information content (AvgIpc) is 2.35. The summed E-state index contributed by atoms with van der Waals surface area (Å²) in [4.78, 5) is 0. The highest BCUT2D eigenvalue weighted by Crippen LogP contribution is 2.29. The summed E-state index contributed by atoms with van der Waals surface area (Å²) in [6, 6.07) is 16.5. The molecule has 0 aliphatic heterocycles. The molecule has 0 spiro atoms. The van der Waals surface area contributed by atoms with E-state index in [1.807, 2.05) is 30.3 Å². The molecule has 0 heterocycles. The third-order valence-electron chi connectivity index (χ3n) is 2.88. The number of para-hydroxylation sites is 1. The molecule has 1 atom stereocenters. The van der Waals surface area contributed by atoms with Gasteiger partial charge in [0.05, 0.1) is 10.7 Å². The molecule has 0 aliphatic carbocycles. The van der Waals surface area contributed by atoms with Gasteiger partial charge in [-0.15, -0.1) is 0 Å². The summed E-state index contributed by atoms with van der Waals surface area (Å²) in [5, 5.41) is 4.23. The number of hydrogen-bond acceptors (Lipinski definition) is 1. The Morgan fingerprint density at radius 2 is 1.71 bits per heavy atom. The molecule has 88 valence electrons. The van der Waals surface area contributed by atoms with Crippen LogP contribution in [0.1, 0.15) is 24.1 Å². The summed E-state index contributed by atoms with van der Waals surface area (Å²) in [7, 11) is 0. The second-order valence-electron chi connectivity index (χ2n) is 4.21. The van der Waals surface area contributed by atoms with Gasteiger partial charge in [-0.1, -0.05) is 54.1 Å². The maximum atomic E-state index is 6.20. The lowest BCUT2D eigenvalue weighted by molar-refractivity contribution is 0.883. The third kappa shape index (κ3) is 2.80. The predicted molar refractivity (Wildman–Crippen MR) is 74.7 cm³/mol. The van der Waals surface area contributed by atoms with Crippen LogP contribution in [0.4, 0.5) is 5.69 Å². The van der Waals surface area contributed by atoms with Gasteiger partial charge in [0.25, 0.3) is 0 Å². The van der Waals surface area contributed by atoms with Crippen LogP contribution in [0.3, 0.4) is 0 Å². The molecule has 1 N–H and O–H groups in total. The lowest BCUT2D eigenvalue weighted by Gasteiger charge is -2.18. The Hall–Kier alpha value is -1.47. The fraction of sp³-hybridized carbons (Fsp3) is 0.200. The SMILES string of the molecule is Cc1cccc(Cl)c1NC(C)c1ccccc1. The van der Waals surface area contributed by atoms with E-state index in [1.165, 1.54) is 11.1 Å². The molecule has 2 heteroatoms. The van der Waals surface area contributed by atoms with Crippen molar-refractivity contribution in [1.29, 1.82) is 0 Å². The van der Waals surface area contributed by atoms with Crippen molar-refractivity contribution in [3.8, 4) is 0 Å². The van der Waals surface area contributed by atoms with Crippen molar-refractivity contribution in [2.75, 3.05) is 5.32 Å². The molecule has 1 unspecified atom stereocenters. The number of rotatable bonds is 3. The number of anilines is 1. The average molecular weight is 246 g/mol. The van der Waals surface area contributed by atoms with E-state index in [9.17, 15) is 0 Å². The number of hydrogen-bond donors (Lipinski definition) is 1. The van der Waals surface area contributed by atoms with Gasteiger partial charge in [0.1, 0.15) is 0 Å². The molecular weight excluding hydrogens is 230 g/mol. The Morgan fingerprint density at radius 1 is 1.00 bits per heavy atom. The largest absolute Gasteiger partial charge is 0.377 e. The molecule has 0 saturated carbocycles. The number of halogens is 1. The van der Waals surface area contributed by atoms with Gasteiger partial charge in [0, 0.05) is 6.04 Å². The lowest BCUT2D eigenvalue weighted by atomic mass is 10.1. The second kappa shape index (κ2) is 5.24. The van der Waals surface area contributed by atoms with Crippen LogP contribution >= 0.6 is 11.6 Å².